The minimum atomic E-state index is -0.0100. The predicted molar refractivity (Wildman–Crippen MR) is 111 cm³/mol. The SMILES string of the molecule is Cl.Cl.Oc1nc(N2Cc3ccccc3C2)[nH]c1/C=C1\C=Nc2ncccc21. The maximum absolute atomic E-state index is 10.2. The largest absolute Gasteiger partial charge is 0.492 e. The Hall–Kier alpha value is -2.83. The topological polar surface area (TPSA) is 77.4 Å². The number of hydrogen-bond donors (Lipinski definition) is 2. The van der Waals surface area contributed by atoms with E-state index in [0.29, 0.717) is 17.5 Å². The molecule has 5 rings (SSSR count). The Morgan fingerprint density at radius 3 is 2.52 bits per heavy atom. The van der Waals surface area contributed by atoms with Gasteiger partial charge in [-0.15, -0.1) is 24.8 Å². The fourth-order valence-corrected chi connectivity index (χ4v) is 3.29. The molecule has 0 saturated heterocycles. The fourth-order valence-electron chi connectivity index (χ4n) is 3.29. The molecule has 4 heterocycles. The van der Waals surface area contributed by atoms with Crippen LogP contribution in [0.25, 0.3) is 11.6 Å². The van der Waals surface area contributed by atoms with Gasteiger partial charge in [0.25, 0.3) is 0 Å². The van der Waals surface area contributed by atoms with Gasteiger partial charge in [-0.05, 0) is 29.3 Å². The Bertz CT molecular complexity index is 1020. The third-order valence-corrected chi connectivity index (χ3v) is 4.56. The molecule has 27 heavy (non-hydrogen) atoms. The second kappa shape index (κ2) is 7.42. The van der Waals surface area contributed by atoms with E-state index in [-0.39, 0.29) is 30.7 Å². The number of H-pyrrole nitrogens is 1. The highest BCUT2D eigenvalue weighted by Gasteiger charge is 2.22. The third-order valence-electron chi connectivity index (χ3n) is 4.56. The average Bonchev–Trinajstić information content (AvgIpc) is 3.33. The molecule has 0 radical (unpaired) electrons. The number of hydrogen-bond acceptors (Lipinski definition) is 5. The van der Waals surface area contributed by atoms with Crippen LogP contribution >= 0.6 is 24.8 Å². The number of rotatable bonds is 2. The molecule has 0 aliphatic carbocycles. The zero-order chi connectivity index (χ0) is 16.8. The smallest absolute Gasteiger partial charge is 0.238 e. The summed E-state index contributed by atoms with van der Waals surface area (Å²) in [7, 11) is 0. The van der Waals surface area contributed by atoms with Gasteiger partial charge in [0.15, 0.2) is 5.82 Å². The van der Waals surface area contributed by atoms with Crippen LogP contribution in [0.2, 0.25) is 0 Å². The Labute approximate surface area is 168 Å². The van der Waals surface area contributed by atoms with E-state index < -0.39 is 0 Å². The monoisotopic (exact) mass is 401 g/mol. The Balaban J connectivity index is 0.00000105. The first-order valence-electron chi connectivity index (χ1n) is 8.10. The van der Waals surface area contributed by atoms with Crippen LogP contribution in [-0.2, 0) is 13.1 Å². The van der Waals surface area contributed by atoms with Gasteiger partial charge in [0.1, 0.15) is 5.69 Å². The zero-order valence-electron chi connectivity index (χ0n) is 14.2. The number of nitrogens with zero attached hydrogens (tertiary/aromatic N) is 4. The van der Waals surface area contributed by atoms with Crippen LogP contribution in [0.15, 0.2) is 47.6 Å². The van der Waals surface area contributed by atoms with Gasteiger partial charge in [-0.3, -0.25) is 0 Å². The standard InChI is InChI=1S/C19H15N5O.2ClH/c25-18-16(8-14-9-21-17-15(14)6-3-7-20-17)22-19(23-18)24-10-12-4-1-2-5-13(12)11-24;;/h1-9,25H,10-11H2,(H,22,23);2*1H/b14-8+;;. The summed E-state index contributed by atoms with van der Waals surface area (Å²) in [6.07, 6.45) is 5.32. The molecule has 0 amide bonds. The summed E-state index contributed by atoms with van der Waals surface area (Å²) in [5.74, 6) is 1.36. The van der Waals surface area contributed by atoms with Crippen molar-refractivity contribution in [3.63, 3.8) is 0 Å². The number of aromatic hydroxyl groups is 1. The molecule has 2 aromatic heterocycles. The van der Waals surface area contributed by atoms with Crippen LogP contribution in [-0.4, -0.2) is 26.3 Å². The lowest BCUT2D eigenvalue weighted by Gasteiger charge is -2.12. The van der Waals surface area contributed by atoms with Crippen LogP contribution in [0.5, 0.6) is 5.88 Å². The number of nitrogens with one attached hydrogen (secondary N) is 1. The lowest BCUT2D eigenvalue weighted by molar-refractivity contribution is 0.455. The number of aromatic amines is 1. The van der Waals surface area contributed by atoms with Crippen molar-refractivity contribution in [2.24, 2.45) is 4.99 Å². The fraction of sp³-hybridized carbons (Fsp3) is 0.105. The van der Waals surface area contributed by atoms with Crippen molar-refractivity contribution in [2.75, 3.05) is 4.90 Å². The number of anilines is 1. The van der Waals surface area contributed by atoms with Crippen molar-refractivity contribution in [1.82, 2.24) is 15.0 Å². The normalized spacial score (nSPS) is 15.3. The van der Waals surface area contributed by atoms with E-state index in [9.17, 15) is 5.11 Å². The van der Waals surface area contributed by atoms with E-state index in [0.717, 1.165) is 24.2 Å². The molecule has 2 aliphatic rings. The van der Waals surface area contributed by atoms with Crippen LogP contribution in [0, 0.1) is 0 Å². The molecule has 0 saturated carbocycles. The number of aliphatic imine (C=N–C) groups is 1. The molecule has 6 nitrogen and oxygen atoms in total. The maximum Gasteiger partial charge on any atom is 0.238 e. The van der Waals surface area contributed by atoms with Crippen LogP contribution in [0.3, 0.4) is 0 Å². The van der Waals surface area contributed by atoms with Crippen molar-refractivity contribution in [3.05, 3.63) is 65.0 Å². The molecular formula is C19H17Cl2N5O. The molecular weight excluding hydrogens is 385 g/mol. The summed E-state index contributed by atoms with van der Waals surface area (Å²) in [6.45, 7) is 1.57. The summed E-state index contributed by atoms with van der Waals surface area (Å²) < 4.78 is 0. The molecule has 0 unspecified atom stereocenters. The van der Waals surface area contributed by atoms with E-state index in [2.05, 4.69) is 37.0 Å². The van der Waals surface area contributed by atoms with Crippen molar-refractivity contribution < 1.29 is 5.11 Å². The lowest BCUT2D eigenvalue weighted by Crippen LogP contribution is -2.15. The quantitative estimate of drug-likeness (QED) is 0.676. The number of halogens is 2. The van der Waals surface area contributed by atoms with Crippen molar-refractivity contribution in [2.45, 2.75) is 13.1 Å². The highest BCUT2D eigenvalue weighted by atomic mass is 35.5. The summed E-state index contributed by atoms with van der Waals surface area (Å²) >= 11 is 0. The Kier molecular flexibility index (Phi) is 5.21. The number of pyridine rings is 1. The summed E-state index contributed by atoms with van der Waals surface area (Å²) in [6, 6.07) is 12.2. The van der Waals surface area contributed by atoms with Gasteiger partial charge in [-0.1, -0.05) is 24.3 Å². The van der Waals surface area contributed by atoms with E-state index in [1.165, 1.54) is 11.1 Å². The van der Waals surface area contributed by atoms with Crippen molar-refractivity contribution in [3.8, 4) is 5.88 Å². The van der Waals surface area contributed by atoms with Gasteiger partial charge in [0.05, 0.1) is 0 Å². The van der Waals surface area contributed by atoms with Crippen molar-refractivity contribution in [1.29, 1.82) is 0 Å². The van der Waals surface area contributed by atoms with Gasteiger partial charge in [0.2, 0.25) is 11.8 Å². The predicted octanol–water partition coefficient (Wildman–Crippen LogP) is 4.13. The highest BCUT2D eigenvalue weighted by molar-refractivity contribution is 6.20. The van der Waals surface area contributed by atoms with Gasteiger partial charge in [-0.25, -0.2) is 9.98 Å². The number of aromatic nitrogens is 3. The molecule has 3 aromatic rings. The molecule has 2 aliphatic heterocycles. The van der Waals surface area contributed by atoms with E-state index >= 15 is 0 Å². The molecule has 1 aromatic carbocycles. The number of benzene rings is 1. The first-order chi connectivity index (χ1) is 12.3. The van der Waals surface area contributed by atoms with Crippen LogP contribution in [0.1, 0.15) is 22.4 Å². The minimum Gasteiger partial charge on any atom is -0.492 e. The van der Waals surface area contributed by atoms with Crippen molar-refractivity contribution >= 4 is 54.4 Å². The third kappa shape index (κ3) is 3.29. The van der Waals surface area contributed by atoms with E-state index in [1.54, 1.807) is 12.4 Å². The van der Waals surface area contributed by atoms with Gasteiger partial charge < -0.3 is 15.0 Å². The Morgan fingerprint density at radius 1 is 1.04 bits per heavy atom. The van der Waals surface area contributed by atoms with Gasteiger partial charge in [0, 0.05) is 36.6 Å². The number of fused-ring (bicyclic) bond motifs is 2. The van der Waals surface area contributed by atoms with Crippen LogP contribution < -0.4 is 4.90 Å². The average molecular weight is 402 g/mol. The first-order valence-corrected chi connectivity index (χ1v) is 8.10. The molecule has 2 N–H and O–H groups in total. The summed E-state index contributed by atoms with van der Waals surface area (Å²) in [5.41, 5.74) is 5.01. The number of allylic oxidation sites excluding steroid dienone is 1. The molecule has 0 fully saturated rings. The summed E-state index contributed by atoms with van der Waals surface area (Å²) in [4.78, 5) is 18.1. The second-order valence-electron chi connectivity index (χ2n) is 6.15. The maximum atomic E-state index is 10.2. The van der Waals surface area contributed by atoms with Gasteiger partial charge in [-0.2, -0.15) is 4.98 Å². The molecule has 0 spiro atoms. The lowest BCUT2D eigenvalue weighted by atomic mass is 10.1. The van der Waals surface area contributed by atoms with Gasteiger partial charge >= 0.3 is 0 Å². The molecule has 0 bridgehead atoms. The minimum absolute atomic E-state index is 0. The number of imidazole rings is 1. The molecule has 0 atom stereocenters. The highest BCUT2D eigenvalue weighted by Crippen LogP contribution is 2.33. The Morgan fingerprint density at radius 2 is 1.78 bits per heavy atom. The molecule has 8 heteroatoms. The van der Waals surface area contributed by atoms with E-state index in [1.807, 2.05) is 30.3 Å². The van der Waals surface area contributed by atoms with Crippen LogP contribution in [0.4, 0.5) is 11.8 Å². The zero-order valence-corrected chi connectivity index (χ0v) is 15.8. The first kappa shape index (κ1) is 18.9. The second-order valence-corrected chi connectivity index (χ2v) is 6.15. The molecule has 138 valence electrons. The van der Waals surface area contributed by atoms with E-state index in [4.69, 9.17) is 0 Å². The summed E-state index contributed by atoms with van der Waals surface area (Å²) in [5, 5.41) is 10.2.